The van der Waals surface area contributed by atoms with Crippen molar-refractivity contribution in [2.45, 2.75) is 6.92 Å². The first-order valence-corrected chi connectivity index (χ1v) is 5.11. The Morgan fingerprint density at radius 2 is 1.86 bits per heavy atom. The second kappa shape index (κ2) is 4.72. The molecule has 0 aromatic heterocycles. The Bertz CT molecular complexity index is 344. The molecule has 1 rings (SSSR count). The minimum Gasteiger partial charge on any atom is -0.428 e. The van der Waals surface area contributed by atoms with Crippen LogP contribution in [0.2, 0.25) is 0 Å². The number of carbonyl (C=O) groups excluding carboxylic acids is 1. The van der Waals surface area contributed by atoms with Gasteiger partial charge in [-0.05, 0) is 23.6 Å². The van der Waals surface area contributed by atoms with E-state index in [9.17, 15) is 9.36 Å². The monoisotopic (exact) mass is 213 g/mol. The molecule has 0 saturated heterocycles. The van der Waals surface area contributed by atoms with Crippen LogP contribution in [0.25, 0.3) is 0 Å². The van der Waals surface area contributed by atoms with Crippen LogP contribution in [-0.4, -0.2) is 12.8 Å². The van der Waals surface area contributed by atoms with Crippen molar-refractivity contribution in [2.75, 3.05) is 7.11 Å². The molecule has 0 bridgehead atoms. The summed E-state index contributed by atoms with van der Waals surface area (Å²) in [6.45, 7) is 1.92. The Morgan fingerprint density at radius 3 is 2.36 bits per heavy atom. The highest BCUT2D eigenvalue weighted by molar-refractivity contribution is 7.58. The van der Waals surface area contributed by atoms with Gasteiger partial charge >= 0.3 is 13.7 Å². The summed E-state index contributed by atoms with van der Waals surface area (Å²) < 4.78 is 20.2. The molecule has 0 aliphatic carbocycles. The topological polar surface area (TPSA) is 52.6 Å². The van der Waals surface area contributed by atoms with Crippen LogP contribution in [0, 0.1) is 6.92 Å². The van der Waals surface area contributed by atoms with Gasteiger partial charge in [0.2, 0.25) is 0 Å². The van der Waals surface area contributed by atoms with E-state index in [1.165, 1.54) is 0 Å². The molecule has 1 aromatic carbocycles. The van der Waals surface area contributed by atoms with E-state index >= 15 is 0 Å². The van der Waals surface area contributed by atoms with Gasteiger partial charge < -0.3 is 4.74 Å². The number of aryl methyl sites for hydroxylation is 1. The van der Waals surface area contributed by atoms with Crippen LogP contribution in [-0.2, 0) is 9.30 Å². The molecule has 0 saturated carbocycles. The lowest BCUT2D eigenvalue weighted by Gasteiger charge is -1.93. The summed E-state index contributed by atoms with van der Waals surface area (Å²) in [5.41, 5.74) is 0.200. The van der Waals surface area contributed by atoms with Crippen LogP contribution in [0.15, 0.2) is 24.3 Å². The highest BCUT2D eigenvalue weighted by atomic mass is 31.1. The minimum atomic E-state index is -2.44. The summed E-state index contributed by atoms with van der Waals surface area (Å²) in [6.07, 6.45) is 0. The number of benzene rings is 1. The molecule has 0 amide bonds. The SMILES string of the molecule is COC(=O)[P+](=O)Oc1ccc(C)cc1. The first-order chi connectivity index (χ1) is 6.63. The third kappa shape index (κ3) is 2.82. The Morgan fingerprint density at radius 1 is 1.29 bits per heavy atom. The second-order valence-electron chi connectivity index (χ2n) is 2.63. The summed E-state index contributed by atoms with van der Waals surface area (Å²) in [4.78, 5) is 10.8. The van der Waals surface area contributed by atoms with Crippen molar-refractivity contribution in [2.24, 2.45) is 0 Å². The van der Waals surface area contributed by atoms with E-state index in [1.807, 2.05) is 6.92 Å². The van der Waals surface area contributed by atoms with E-state index in [0.29, 0.717) is 5.75 Å². The Labute approximate surface area is 82.7 Å². The number of ether oxygens (including phenoxy) is 1. The first kappa shape index (κ1) is 10.7. The van der Waals surface area contributed by atoms with Crippen LogP contribution in [0.5, 0.6) is 5.75 Å². The Balaban J connectivity index is 2.65. The van der Waals surface area contributed by atoms with Crippen molar-refractivity contribution in [1.29, 1.82) is 0 Å². The van der Waals surface area contributed by atoms with Gasteiger partial charge in [-0.15, -0.1) is 0 Å². The Hall–Kier alpha value is -1.41. The molecule has 5 heteroatoms. The molecule has 0 heterocycles. The van der Waals surface area contributed by atoms with E-state index in [1.54, 1.807) is 24.3 Å². The highest BCUT2D eigenvalue weighted by Crippen LogP contribution is 2.28. The third-order valence-electron chi connectivity index (χ3n) is 1.53. The molecule has 0 spiro atoms. The molecule has 0 aliphatic heterocycles. The maximum atomic E-state index is 11.1. The maximum absolute atomic E-state index is 11.1. The predicted molar refractivity (Wildman–Crippen MR) is 51.8 cm³/mol. The number of hydrogen-bond donors (Lipinski definition) is 0. The second-order valence-corrected chi connectivity index (χ2v) is 3.69. The van der Waals surface area contributed by atoms with Crippen LogP contribution >= 0.6 is 8.03 Å². The fourth-order valence-corrected chi connectivity index (χ4v) is 1.34. The molecule has 1 atom stereocenters. The summed E-state index contributed by atoms with van der Waals surface area (Å²) >= 11 is 0. The van der Waals surface area contributed by atoms with E-state index in [4.69, 9.17) is 4.52 Å². The average Bonchev–Trinajstić information content (AvgIpc) is 2.20. The molecule has 0 aliphatic rings. The zero-order valence-corrected chi connectivity index (χ0v) is 8.78. The summed E-state index contributed by atoms with van der Waals surface area (Å²) in [5.74, 6) is 0.391. The highest BCUT2D eigenvalue weighted by Gasteiger charge is 2.34. The number of carbonyl (C=O) groups is 1. The quantitative estimate of drug-likeness (QED) is 0.724. The summed E-state index contributed by atoms with van der Waals surface area (Å²) in [5, 5.41) is 0. The maximum Gasteiger partial charge on any atom is 0.684 e. The normalized spacial score (nSPS) is 10.6. The Kier molecular flexibility index (Phi) is 3.60. The fraction of sp³-hybridized carbons (Fsp3) is 0.222. The van der Waals surface area contributed by atoms with Gasteiger partial charge in [0.1, 0.15) is 0 Å². The van der Waals surface area contributed by atoms with Gasteiger partial charge in [-0.2, -0.15) is 4.79 Å². The van der Waals surface area contributed by atoms with Crippen LogP contribution in [0.3, 0.4) is 0 Å². The van der Waals surface area contributed by atoms with Crippen molar-refractivity contribution in [3.63, 3.8) is 0 Å². The van der Waals surface area contributed by atoms with E-state index in [0.717, 1.165) is 12.7 Å². The van der Waals surface area contributed by atoms with Crippen molar-refractivity contribution in [3.05, 3.63) is 29.8 Å². The van der Waals surface area contributed by atoms with Gasteiger partial charge in [0, 0.05) is 0 Å². The van der Waals surface area contributed by atoms with Gasteiger partial charge in [0.15, 0.2) is 5.75 Å². The summed E-state index contributed by atoms with van der Waals surface area (Å²) in [7, 11) is -1.28. The van der Waals surface area contributed by atoms with Crippen LogP contribution < -0.4 is 4.52 Å². The lowest BCUT2D eigenvalue weighted by atomic mass is 10.2. The molecule has 1 aromatic rings. The van der Waals surface area contributed by atoms with E-state index in [-0.39, 0.29) is 0 Å². The lowest BCUT2D eigenvalue weighted by molar-refractivity contribution is 0.195. The van der Waals surface area contributed by atoms with Gasteiger partial charge in [0.25, 0.3) is 0 Å². The summed E-state index contributed by atoms with van der Waals surface area (Å²) in [6, 6.07) is 6.89. The van der Waals surface area contributed by atoms with Crippen molar-refractivity contribution in [3.8, 4) is 5.75 Å². The largest absolute Gasteiger partial charge is 0.684 e. The first-order valence-electron chi connectivity index (χ1n) is 3.93. The van der Waals surface area contributed by atoms with Gasteiger partial charge in [-0.1, -0.05) is 17.7 Å². The molecule has 4 nitrogen and oxygen atoms in total. The van der Waals surface area contributed by atoms with Crippen molar-refractivity contribution >= 4 is 13.7 Å². The molecular weight excluding hydrogens is 203 g/mol. The number of hydrogen-bond acceptors (Lipinski definition) is 4. The van der Waals surface area contributed by atoms with Gasteiger partial charge in [-0.3, -0.25) is 0 Å². The molecule has 74 valence electrons. The van der Waals surface area contributed by atoms with E-state index < -0.39 is 13.7 Å². The van der Waals surface area contributed by atoms with Gasteiger partial charge in [0.05, 0.1) is 7.11 Å². The fourth-order valence-electron chi connectivity index (χ4n) is 0.807. The predicted octanol–water partition coefficient (Wildman–Crippen LogP) is 2.88. The molecule has 0 N–H and O–H groups in total. The molecule has 0 fully saturated rings. The van der Waals surface area contributed by atoms with Crippen molar-refractivity contribution in [1.82, 2.24) is 0 Å². The number of methoxy groups -OCH3 is 1. The molecule has 14 heavy (non-hydrogen) atoms. The number of rotatable bonds is 3. The lowest BCUT2D eigenvalue weighted by Crippen LogP contribution is -1.94. The van der Waals surface area contributed by atoms with Crippen LogP contribution in [0.1, 0.15) is 5.56 Å². The zero-order valence-electron chi connectivity index (χ0n) is 7.89. The van der Waals surface area contributed by atoms with E-state index in [2.05, 4.69) is 4.74 Å². The van der Waals surface area contributed by atoms with Gasteiger partial charge in [-0.25, -0.2) is 4.52 Å². The molecule has 0 radical (unpaired) electrons. The van der Waals surface area contributed by atoms with Crippen LogP contribution in [0.4, 0.5) is 4.79 Å². The zero-order chi connectivity index (χ0) is 10.6. The standard InChI is InChI=1S/C9H10O4P/c1-7-3-5-8(6-4-7)13-14(11)9(10)12-2/h3-6H,1-2H3/q+1. The smallest absolute Gasteiger partial charge is 0.428 e. The third-order valence-corrected chi connectivity index (χ3v) is 2.39. The molecular formula is C9H10O4P+. The minimum absolute atomic E-state index is 0.391. The average molecular weight is 213 g/mol. The molecule has 1 unspecified atom stereocenters. The van der Waals surface area contributed by atoms with Crippen molar-refractivity contribution < 1.29 is 18.6 Å².